The third-order valence-corrected chi connectivity index (χ3v) is 4.99. The van der Waals surface area contributed by atoms with Crippen molar-refractivity contribution < 1.29 is 14.1 Å². The minimum Gasteiger partial charge on any atom is -0.484 e. The summed E-state index contributed by atoms with van der Waals surface area (Å²) in [6.45, 7) is 3.87. The number of aryl methyl sites for hydroxylation is 2. The molecule has 0 N–H and O–H groups in total. The summed E-state index contributed by atoms with van der Waals surface area (Å²) in [6.07, 6.45) is 0. The van der Waals surface area contributed by atoms with Crippen LogP contribution in [0, 0.1) is 13.8 Å². The van der Waals surface area contributed by atoms with Crippen molar-refractivity contribution in [2.75, 3.05) is 13.7 Å². The minimum absolute atomic E-state index is 0.102. The highest BCUT2D eigenvalue weighted by atomic mass is 35.5. The maximum Gasteiger partial charge on any atom is 0.260 e. The summed E-state index contributed by atoms with van der Waals surface area (Å²) in [5.74, 6) is 1.16. The van der Waals surface area contributed by atoms with E-state index in [0.717, 1.165) is 16.7 Å². The number of halogens is 2. The zero-order valence-electron chi connectivity index (χ0n) is 15.7. The second-order valence-corrected chi connectivity index (χ2v) is 7.24. The molecule has 1 amide bonds. The molecule has 0 atom stereocenters. The Balaban J connectivity index is 1.58. The maximum absolute atomic E-state index is 12.3. The first-order valence-corrected chi connectivity index (χ1v) is 9.31. The fraction of sp³-hybridized carbons (Fsp3) is 0.250. The van der Waals surface area contributed by atoms with Gasteiger partial charge in [-0.3, -0.25) is 4.79 Å². The fourth-order valence-electron chi connectivity index (χ4n) is 2.57. The van der Waals surface area contributed by atoms with Crippen molar-refractivity contribution in [2.45, 2.75) is 20.4 Å². The standard InChI is InChI=1S/C20H19Cl2N3O3/c1-12-8-16(9-13(2)19(12)22)27-11-18(26)25(3)10-17-23-20(24-28-17)14-4-6-15(21)7-5-14/h4-9H,10-11H2,1-3H3. The highest BCUT2D eigenvalue weighted by molar-refractivity contribution is 6.32. The smallest absolute Gasteiger partial charge is 0.260 e. The third-order valence-electron chi connectivity index (χ3n) is 4.14. The summed E-state index contributed by atoms with van der Waals surface area (Å²) in [6, 6.07) is 10.7. The van der Waals surface area contributed by atoms with Gasteiger partial charge in [-0.05, 0) is 61.4 Å². The van der Waals surface area contributed by atoms with Gasteiger partial charge in [0, 0.05) is 22.7 Å². The van der Waals surface area contributed by atoms with Crippen LogP contribution in [0.4, 0.5) is 0 Å². The fourth-order valence-corrected chi connectivity index (χ4v) is 2.81. The number of carbonyl (C=O) groups excluding carboxylic acids is 1. The molecule has 3 rings (SSSR count). The number of hydrogen-bond acceptors (Lipinski definition) is 5. The van der Waals surface area contributed by atoms with Crippen LogP contribution < -0.4 is 4.74 Å². The molecule has 0 saturated carbocycles. The maximum atomic E-state index is 12.3. The molecule has 2 aromatic carbocycles. The van der Waals surface area contributed by atoms with Crippen LogP contribution in [0.25, 0.3) is 11.4 Å². The average Bonchev–Trinajstić information content (AvgIpc) is 3.13. The number of hydrogen-bond donors (Lipinski definition) is 0. The number of nitrogens with zero attached hydrogens (tertiary/aromatic N) is 3. The van der Waals surface area contributed by atoms with Crippen molar-refractivity contribution in [1.82, 2.24) is 15.0 Å². The second kappa shape index (κ2) is 8.63. The third kappa shape index (κ3) is 4.82. The lowest BCUT2D eigenvalue weighted by molar-refractivity contribution is -0.132. The van der Waals surface area contributed by atoms with Crippen LogP contribution in [0.15, 0.2) is 40.9 Å². The molecule has 8 heteroatoms. The molecule has 0 bridgehead atoms. The van der Waals surface area contributed by atoms with E-state index < -0.39 is 0 Å². The molecule has 0 aliphatic heterocycles. The van der Waals surface area contributed by atoms with E-state index in [-0.39, 0.29) is 19.1 Å². The SMILES string of the molecule is Cc1cc(OCC(=O)N(C)Cc2nc(-c3ccc(Cl)cc3)no2)cc(C)c1Cl. The van der Waals surface area contributed by atoms with Crippen LogP contribution in [0.1, 0.15) is 17.0 Å². The zero-order valence-corrected chi connectivity index (χ0v) is 17.2. The van der Waals surface area contributed by atoms with E-state index in [1.807, 2.05) is 13.8 Å². The van der Waals surface area contributed by atoms with Gasteiger partial charge in [-0.2, -0.15) is 4.98 Å². The molecule has 0 fully saturated rings. The molecule has 6 nitrogen and oxygen atoms in total. The first kappa shape index (κ1) is 20.2. The number of rotatable bonds is 6. The molecule has 1 aromatic heterocycles. The van der Waals surface area contributed by atoms with Crippen LogP contribution in [-0.4, -0.2) is 34.6 Å². The zero-order chi connectivity index (χ0) is 20.3. The number of benzene rings is 2. The van der Waals surface area contributed by atoms with Crippen LogP contribution in [0.5, 0.6) is 5.75 Å². The van der Waals surface area contributed by atoms with E-state index in [4.69, 9.17) is 32.5 Å². The van der Waals surface area contributed by atoms with Gasteiger partial charge in [-0.25, -0.2) is 0 Å². The normalized spacial score (nSPS) is 10.8. The molecular weight excluding hydrogens is 401 g/mol. The van der Waals surface area contributed by atoms with E-state index in [1.54, 1.807) is 43.4 Å². The Labute approximate surface area is 173 Å². The average molecular weight is 420 g/mol. The van der Waals surface area contributed by atoms with E-state index in [2.05, 4.69) is 10.1 Å². The van der Waals surface area contributed by atoms with E-state index in [0.29, 0.717) is 27.5 Å². The molecular formula is C20H19Cl2N3O3. The lowest BCUT2D eigenvalue weighted by Gasteiger charge is -2.16. The molecule has 0 aliphatic rings. The molecule has 1 heterocycles. The van der Waals surface area contributed by atoms with E-state index >= 15 is 0 Å². The number of ether oxygens (including phenoxy) is 1. The molecule has 0 saturated heterocycles. The summed E-state index contributed by atoms with van der Waals surface area (Å²) in [5.41, 5.74) is 2.58. The van der Waals surface area contributed by atoms with Gasteiger partial charge in [0.2, 0.25) is 11.7 Å². The van der Waals surface area contributed by atoms with Gasteiger partial charge >= 0.3 is 0 Å². The summed E-state index contributed by atoms with van der Waals surface area (Å²) in [5, 5.41) is 5.27. The highest BCUT2D eigenvalue weighted by Gasteiger charge is 2.16. The molecule has 146 valence electrons. The molecule has 0 unspecified atom stereocenters. The Kier molecular flexibility index (Phi) is 6.21. The molecule has 0 spiro atoms. The number of aromatic nitrogens is 2. The Morgan fingerprint density at radius 1 is 1.14 bits per heavy atom. The Morgan fingerprint density at radius 3 is 2.43 bits per heavy atom. The van der Waals surface area contributed by atoms with Gasteiger partial charge in [0.1, 0.15) is 5.75 Å². The van der Waals surface area contributed by atoms with Gasteiger partial charge in [0.05, 0.1) is 6.54 Å². The Morgan fingerprint density at radius 2 is 1.79 bits per heavy atom. The highest BCUT2D eigenvalue weighted by Crippen LogP contribution is 2.26. The van der Waals surface area contributed by atoms with Crippen LogP contribution in [0.2, 0.25) is 10.0 Å². The van der Waals surface area contributed by atoms with Crippen molar-refractivity contribution >= 4 is 29.1 Å². The van der Waals surface area contributed by atoms with Crippen LogP contribution in [-0.2, 0) is 11.3 Å². The summed E-state index contributed by atoms with van der Waals surface area (Å²) >= 11 is 12.0. The van der Waals surface area contributed by atoms with E-state index in [9.17, 15) is 4.79 Å². The minimum atomic E-state index is -0.212. The van der Waals surface area contributed by atoms with Gasteiger partial charge in [-0.1, -0.05) is 28.4 Å². The van der Waals surface area contributed by atoms with E-state index in [1.165, 1.54) is 4.90 Å². The van der Waals surface area contributed by atoms with Crippen molar-refractivity contribution in [3.8, 4) is 17.1 Å². The first-order chi connectivity index (χ1) is 13.3. The molecule has 3 aromatic rings. The van der Waals surface area contributed by atoms with Gasteiger partial charge in [-0.15, -0.1) is 0 Å². The van der Waals surface area contributed by atoms with Crippen molar-refractivity contribution in [3.05, 3.63) is 63.5 Å². The largest absolute Gasteiger partial charge is 0.484 e. The monoisotopic (exact) mass is 419 g/mol. The van der Waals surface area contributed by atoms with Gasteiger partial charge < -0.3 is 14.2 Å². The summed E-state index contributed by atoms with van der Waals surface area (Å²) < 4.78 is 10.8. The topological polar surface area (TPSA) is 68.5 Å². The van der Waals surface area contributed by atoms with Crippen molar-refractivity contribution in [3.63, 3.8) is 0 Å². The summed E-state index contributed by atoms with van der Waals surface area (Å²) in [4.78, 5) is 18.1. The molecule has 28 heavy (non-hydrogen) atoms. The second-order valence-electron chi connectivity index (χ2n) is 6.43. The first-order valence-electron chi connectivity index (χ1n) is 8.55. The van der Waals surface area contributed by atoms with Crippen molar-refractivity contribution in [2.24, 2.45) is 0 Å². The lowest BCUT2D eigenvalue weighted by atomic mass is 10.1. The van der Waals surface area contributed by atoms with Crippen molar-refractivity contribution in [1.29, 1.82) is 0 Å². The van der Waals surface area contributed by atoms with Crippen LogP contribution >= 0.6 is 23.2 Å². The number of carbonyl (C=O) groups is 1. The quantitative estimate of drug-likeness (QED) is 0.579. The number of likely N-dealkylation sites (N-methyl/N-ethyl adjacent to an activating group) is 1. The Hall–Kier alpha value is -2.57. The molecule has 0 radical (unpaired) electrons. The Bertz CT molecular complexity index is 964. The van der Waals surface area contributed by atoms with Gasteiger partial charge in [0.15, 0.2) is 6.61 Å². The predicted molar refractivity (Wildman–Crippen MR) is 108 cm³/mol. The van der Waals surface area contributed by atoms with Crippen LogP contribution in [0.3, 0.4) is 0 Å². The molecule has 0 aliphatic carbocycles. The number of amides is 1. The van der Waals surface area contributed by atoms with Gasteiger partial charge in [0.25, 0.3) is 5.91 Å². The lowest BCUT2D eigenvalue weighted by Crippen LogP contribution is -2.31. The predicted octanol–water partition coefficient (Wildman–Crippen LogP) is 4.70. The summed E-state index contributed by atoms with van der Waals surface area (Å²) in [7, 11) is 1.65.